The molecule has 0 saturated carbocycles. The highest BCUT2D eigenvalue weighted by atomic mass is 35.5. The molecule has 0 saturated heterocycles. The number of hydrogen-bond acceptors (Lipinski definition) is 4. The Morgan fingerprint density at radius 1 is 1.42 bits per heavy atom. The number of nitrogens with one attached hydrogen (secondary N) is 1. The van der Waals surface area contributed by atoms with Gasteiger partial charge in [0.2, 0.25) is 0 Å². The Bertz CT molecular complexity index is 554. The first-order valence-electron chi connectivity index (χ1n) is 6.14. The lowest BCUT2D eigenvalue weighted by Gasteiger charge is -2.08. The van der Waals surface area contributed by atoms with Crippen LogP contribution >= 0.6 is 22.9 Å². The van der Waals surface area contributed by atoms with E-state index in [2.05, 4.69) is 24.1 Å². The van der Waals surface area contributed by atoms with E-state index in [1.54, 1.807) is 18.4 Å². The van der Waals surface area contributed by atoms with E-state index in [1.165, 1.54) is 0 Å². The molecule has 1 aromatic heterocycles. The fraction of sp³-hybridized carbons (Fsp3) is 0.357. The molecular weight excluding hydrogens is 280 g/mol. The van der Waals surface area contributed by atoms with Gasteiger partial charge in [0.1, 0.15) is 5.75 Å². The Morgan fingerprint density at radius 3 is 2.89 bits per heavy atom. The molecule has 0 radical (unpaired) electrons. The highest BCUT2D eigenvalue weighted by Gasteiger charge is 2.13. The minimum atomic E-state index is 0.585. The molecule has 102 valence electrons. The van der Waals surface area contributed by atoms with Crippen LogP contribution in [-0.4, -0.2) is 18.6 Å². The summed E-state index contributed by atoms with van der Waals surface area (Å²) >= 11 is 7.84. The highest BCUT2D eigenvalue weighted by Crippen LogP contribution is 2.40. The smallest absolute Gasteiger partial charge is 0.183 e. The van der Waals surface area contributed by atoms with E-state index in [-0.39, 0.29) is 0 Å². The molecule has 2 aromatic rings. The van der Waals surface area contributed by atoms with Crippen LogP contribution in [0.3, 0.4) is 0 Å². The third-order valence-corrected chi connectivity index (χ3v) is 3.90. The van der Waals surface area contributed by atoms with Crippen molar-refractivity contribution in [2.24, 2.45) is 5.92 Å². The number of aromatic nitrogens is 1. The van der Waals surface area contributed by atoms with Crippen LogP contribution in [0.15, 0.2) is 24.4 Å². The normalized spacial score (nSPS) is 10.8. The fourth-order valence-corrected chi connectivity index (χ4v) is 2.89. The minimum Gasteiger partial charge on any atom is -0.496 e. The van der Waals surface area contributed by atoms with E-state index in [0.717, 1.165) is 27.9 Å². The van der Waals surface area contributed by atoms with Gasteiger partial charge >= 0.3 is 0 Å². The van der Waals surface area contributed by atoms with Crippen LogP contribution < -0.4 is 10.1 Å². The van der Waals surface area contributed by atoms with E-state index >= 15 is 0 Å². The van der Waals surface area contributed by atoms with Crippen molar-refractivity contribution in [1.29, 1.82) is 0 Å². The Kier molecular flexibility index (Phi) is 4.66. The summed E-state index contributed by atoms with van der Waals surface area (Å²) in [6.07, 6.45) is 1.83. The number of anilines is 1. The molecule has 0 unspecified atom stereocenters. The second-order valence-electron chi connectivity index (χ2n) is 4.62. The SMILES string of the molecule is COc1cccc(Cl)c1-c1cnc(NCC(C)C)s1. The standard InChI is InChI=1S/C14H17ClN2OS/c1-9(2)7-16-14-17-8-12(19-14)13-10(15)5-4-6-11(13)18-3/h4-6,8-9H,7H2,1-3H3,(H,16,17). The third-order valence-electron chi connectivity index (χ3n) is 2.61. The van der Waals surface area contributed by atoms with Crippen LogP contribution in [0.5, 0.6) is 5.75 Å². The number of ether oxygens (including phenoxy) is 1. The maximum Gasteiger partial charge on any atom is 0.183 e. The van der Waals surface area contributed by atoms with Gasteiger partial charge < -0.3 is 10.1 Å². The monoisotopic (exact) mass is 296 g/mol. The lowest BCUT2D eigenvalue weighted by molar-refractivity contribution is 0.416. The van der Waals surface area contributed by atoms with Crippen LogP contribution in [-0.2, 0) is 0 Å². The molecule has 0 fully saturated rings. The molecule has 5 heteroatoms. The molecule has 3 nitrogen and oxygen atoms in total. The average molecular weight is 297 g/mol. The predicted molar refractivity (Wildman–Crippen MR) is 82.4 cm³/mol. The van der Waals surface area contributed by atoms with Crippen molar-refractivity contribution in [3.05, 3.63) is 29.4 Å². The summed E-state index contributed by atoms with van der Waals surface area (Å²) < 4.78 is 5.36. The molecule has 1 aromatic carbocycles. The molecule has 0 amide bonds. The number of benzene rings is 1. The maximum absolute atomic E-state index is 6.26. The van der Waals surface area contributed by atoms with Crippen LogP contribution in [0.1, 0.15) is 13.8 Å². The van der Waals surface area contributed by atoms with E-state index in [4.69, 9.17) is 16.3 Å². The van der Waals surface area contributed by atoms with Crippen molar-refractivity contribution >= 4 is 28.1 Å². The van der Waals surface area contributed by atoms with Gasteiger partial charge in [-0.2, -0.15) is 0 Å². The van der Waals surface area contributed by atoms with E-state index in [9.17, 15) is 0 Å². The van der Waals surface area contributed by atoms with Crippen LogP contribution in [0.2, 0.25) is 5.02 Å². The molecular formula is C14H17ClN2OS. The fourth-order valence-electron chi connectivity index (χ4n) is 1.68. The van der Waals surface area contributed by atoms with Gasteiger partial charge in [-0.3, -0.25) is 0 Å². The number of nitrogens with zero attached hydrogens (tertiary/aromatic N) is 1. The first kappa shape index (κ1) is 14.2. The first-order chi connectivity index (χ1) is 9.11. The summed E-state index contributed by atoms with van der Waals surface area (Å²) in [5.41, 5.74) is 0.904. The summed E-state index contributed by atoms with van der Waals surface area (Å²) in [7, 11) is 1.65. The molecule has 0 aliphatic heterocycles. The van der Waals surface area contributed by atoms with Crippen LogP contribution in [0, 0.1) is 5.92 Å². The van der Waals surface area contributed by atoms with Gasteiger partial charge in [-0.15, -0.1) is 0 Å². The molecule has 1 heterocycles. The number of halogens is 1. The number of hydrogen-bond donors (Lipinski definition) is 1. The molecule has 1 N–H and O–H groups in total. The van der Waals surface area contributed by atoms with Crippen molar-refractivity contribution in [3.63, 3.8) is 0 Å². The summed E-state index contributed by atoms with van der Waals surface area (Å²) in [5, 5.41) is 4.90. The molecule has 19 heavy (non-hydrogen) atoms. The van der Waals surface area contributed by atoms with Gasteiger partial charge in [-0.25, -0.2) is 4.98 Å². The lowest BCUT2D eigenvalue weighted by atomic mass is 10.2. The Hall–Kier alpha value is -1.26. The number of rotatable bonds is 5. The van der Waals surface area contributed by atoms with Crippen molar-refractivity contribution in [3.8, 4) is 16.2 Å². The number of thiazole rings is 1. The Morgan fingerprint density at radius 2 is 2.21 bits per heavy atom. The summed E-state index contributed by atoms with van der Waals surface area (Å²) in [6.45, 7) is 5.24. The lowest BCUT2D eigenvalue weighted by Crippen LogP contribution is -2.07. The molecule has 2 rings (SSSR count). The molecule has 0 spiro atoms. The highest BCUT2D eigenvalue weighted by molar-refractivity contribution is 7.19. The Balaban J connectivity index is 2.28. The molecule has 0 atom stereocenters. The zero-order valence-corrected chi connectivity index (χ0v) is 12.8. The van der Waals surface area contributed by atoms with Crippen molar-refractivity contribution < 1.29 is 4.74 Å². The van der Waals surface area contributed by atoms with Gasteiger partial charge in [0.15, 0.2) is 5.13 Å². The van der Waals surface area contributed by atoms with Crippen molar-refractivity contribution in [2.75, 3.05) is 19.0 Å². The average Bonchev–Trinajstić information content (AvgIpc) is 2.84. The number of methoxy groups -OCH3 is 1. The minimum absolute atomic E-state index is 0.585. The van der Waals surface area contributed by atoms with Crippen LogP contribution in [0.4, 0.5) is 5.13 Å². The quantitative estimate of drug-likeness (QED) is 0.879. The maximum atomic E-state index is 6.26. The van der Waals surface area contributed by atoms with E-state index in [1.807, 2.05) is 24.4 Å². The van der Waals surface area contributed by atoms with Gasteiger partial charge in [0.25, 0.3) is 0 Å². The third kappa shape index (κ3) is 3.39. The van der Waals surface area contributed by atoms with E-state index < -0.39 is 0 Å². The second kappa shape index (κ2) is 6.26. The summed E-state index contributed by atoms with van der Waals surface area (Å²) in [6, 6.07) is 5.64. The zero-order valence-electron chi connectivity index (χ0n) is 11.2. The van der Waals surface area contributed by atoms with Crippen LogP contribution in [0.25, 0.3) is 10.4 Å². The predicted octanol–water partition coefficient (Wildman–Crippen LogP) is 4.54. The largest absolute Gasteiger partial charge is 0.496 e. The van der Waals surface area contributed by atoms with Gasteiger partial charge in [0, 0.05) is 12.7 Å². The van der Waals surface area contributed by atoms with E-state index in [0.29, 0.717) is 10.9 Å². The van der Waals surface area contributed by atoms with Gasteiger partial charge in [-0.05, 0) is 18.1 Å². The van der Waals surface area contributed by atoms with Gasteiger partial charge in [0.05, 0.1) is 22.6 Å². The topological polar surface area (TPSA) is 34.1 Å². The Labute approximate surface area is 122 Å². The summed E-state index contributed by atoms with van der Waals surface area (Å²) in [4.78, 5) is 5.38. The first-order valence-corrected chi connectivity index (χ1v) is 7.34. The van der Waals surface area contributed by atoms with Crippen molar-refractivity contribution in [2.45, 2.75) is 13.8 Å². The van der Waals surface area contributed by atoms with Crippen molar-refractivity contribution in [1.82, 2.24) is 4.98 Å². The second-order valence-corrected chi connectivity index (χ2v) is 6.06. The molecule has 0 aliphatic rings. The molecule has 0 bridgehead atoms. The molecule has 0 aliphatic carbocycles. The zero-order chi connectivity index (χ0) is 13.8. The summed E-state index contributed by atoms with van der Waals surface area (Å²) in [5.74, 6) is 1.36. The van der Waals surface area contributed by atoms with Gasteiger partial charge in [-0.1, -0.05) is 42.9 Å².